The zero-order valence-corrected chi connectivity index (χ0v) is 13.2. The predicted octanol–water partition coefficient (Wildman–Crippen LogP) is 3.42. The van der Waals surface area contributed by atoms with Crippen LogP contribution in [0.5, 0.6) is 0 Å². The average Bonchev–Trinajstić information content (AvgIpc) is 2.49. The Morgan fingerprint density at radius 1 is 0.952 bits per heavy atom. The average molecular weight is 305 g/mol. The molecule has 2 nitrogen and oxygen atoms in total. The van der Waals surface area contributed by atoms with Gasteiger partial charge in [-0.25, -0.2) is 0 Å². The summed E-state index contributed by atoms with van der Waals surface area (Å²) in [6, 6.07) is 13.6. The van der Waals surface area contributed by atoms with Crippen molar-refractivity contribution in [3.8, 4) is 0 Å². The molecule has 21 heavy (non-hydrogen) atoms. The first-order valence-electron chi connectivity index (χ1n) is 7.05. The first kappa shape index (κ1) is 16.0. The van der Waals surface area contributed by atoms with Crippen molar-refractivity contribution in [2.24, 2.45) is 0 Å². The second-order valence-corrected chi connectivity index (χ2v) is 6.15. The first-order valence-corrected chi connectivity index (χ1v) is 7.42. The maximum Gasteiger partial charge on any atom is 0.0553 e. The Balaban J connectivity index is 2.42. The standard InChI is InChI=1S/C18H21ClO2/c1-13-3-4-14(2)15(9-13)10-18(11-20,12-21)16-5-7-17(19)8-6-16/h3-9,20-21H,10-12H2,1-2H3. The minimum atomic E-state index is -0.691. The summed E-state index contributed by atoms with van der Waals surface area (Å²) in [5.74, 6) is 0. The molecule has 2 rings (SSSR count). The van der Waals surface area contributed by atoms with Crippen molar-refractivity contribution >= 4 is 11.6 Å². The molecule has 0 aliphatic rings. The Bertz CT molecular complexity index is 601. The van der Waals surface area contributed by atoms with Crippen LogP contribution in [-0.4, -0.2) is 23.4 Å². The molecule has 0 spiro atoms. The Hall–Kier alpha value is -1.35. The molecule has 0 amide bonds. The summed E-state index contributed by atoms with van der Waals surface area (Å²) in [7, 11) is 0. The lowest BCUT2D eigenvalue weighted by Gasteiger charge is -2.31. The van der Waals surface area contributed by atoms with Crippen LogP contribution in [0.3, 0.4) is 0 Å². The van der Waals surface area contributed by atoms with E-state index in [1.807, 2.05) is 19.1 Å². The third-order valence-electron chi connectivity index (χ3n) is 4.10. The van der Waals surface area contributed by atoms with E-state index < -0.39 is 5.41 Å². The lowest BCUT2D eigenvalue weighted by atomic mass is 9.76. The van der Waals surface area contributed by atoms with E-state index in [0.717, 1.165) is 11.1 Å². The van der Waals surface area contributed by atoms with Gasteiger partial charge in [-0.15, -0.1) is 0 Å². The molecule has 0 saturated heterocycles. The summed E-state index contributed by atoms with van der Waals surface area (Å²) in [5.41, 5.74) is 3.70. The Morgan fingerprint density at radius 3 is 2.14 bits per heavy atom. The summed E-state index contributed by atoms with van der Waals surface area (Å²) >= 11 is 5.93. The van der Waals surface area contributed by atoms with Gasteiger partial charge in [-0.2, -0.15) is 0 Å². The molecule has 0 fully saturated rings. The highest BCUT2D eigenvalue weighted by Gasteiger charge is 2.31. The SMILES string of the molecule is Cc1ccc(C)c(CC(CO)(CO)c2ccc(Cl)cc2)c1. The maximum absolute atomic E-state index is 9.93. The number of benzene rings is 2. The van der Waals surface area contributed by atoms with Crippen LogP contribution in [0.15, 0.2) is 42.5 Å². The molecule has 0 saturated carbocycles. The lowest BCUT2D eigenvalue weighted by Crippen LogP contribution is -2.37. The van der Waals surface area contributed by atoms with Gasteiger partial charge in [0.1, 0.15) is 0 Å². The van der Waals surface area contributed by atoms with Gasteiger partial charge in [0, 0.05) is 10.4 Å². The van der Waals surface area contributed by atoms with Crippen LogP contribution in [0.2, 0.25) is 5.02 Å². The van der Waals surface area contributed by atoms with Gasteiger partial charge < -0.3 is 10.2 Å². The summed E-state index contributed by atoms with van der Waals surface area (Å²) < 4.78 is 0. The van der Waals surface area contributed by atoms with Crippen molar-refractivity contribution in [2.45, 2.75) is 25.7 Å². The third kappa shape index (κ3) is 3.46. The zero-order chi connectivity index (χ0) is 15.5. The number of aliphatic hydroxyl groups excluding tert-OH is 2. The molecule has 3 heteroatoms. The van der Waals surface area contributed by atoms with Gasteiger partial charge in [0.05, 0.1) is 13.2 Å². The minimum absolute atomic E-state index is 0.113. The van der Waals surface area contributed by atoms with Gasteiger partial charge in [0.2, 0.25) is 0 Å². The fourth-order valence-electron chi connectivity index (χ4n) is 2.61. The van der Waals surface area contributed by atoms with Gasteiger partial charge >= 0.3 is 0 Å². The van der Waals surface area contributed by atoms with E-state index in [0.29, 0.717) is 11.4 Å². The number of hydrogen-bond acceptors (Lipinski definition) is 2. The highest BCUT2D eigenvalue weighted by Crippen LogP contribution is 2.30. The smallest absolute Gasteiger partial charge is 0.0553 e. The van der Waals surface area contributed by atoms with Crippen molar-refractivity contribution in [3.05, 3.63) is 69.7 Å². The van der Waals surface area contributed by atoms with Gasteiger partial charge in [-0.3, -0.25) is 0 Å². The summed E-state index contributed by atoms with van der Waals surface area (Å²) in [5, 5.41) is 20.5. The van der Waals surface area contributed by atoms with E-state index >= 15 is 0 Å². The van der Waals surface area contributed by atoms with E-state index in [1.54, 1.807) is 12.1 Å². The zero-order valence-electron chi connectivity index (χ0n) is 12.4. The molecule has 0 heterocycles. The van der Waals surface area contributed by atoms with Crippen LogP contribution in [0.1, 0.15) is 22.3 Å². The molecule has 112 valence electrons. The number of hydrogen-bond donors (Lipinski definition) is 2. The Labute approximate surface area is 131 Å². The summed E-state index contributed by atoms with van der Waals surface area (Å²) in [6.07, 6.45) is 0.592. The molecule has 0 aromatic heterocycles. The van der Waals surface area contributed by atoms with Gasteiger partial charge in [0.15, 0.2) is 0 Å². The van der Waals surface area contributed by atoms with E-state index in [9.17, 15) is 10.2 Å². The molecular formula is C18H21ClO2. The number of rotatable bonds is 5. The van der Waals surface area contributed by atoms with Gasteiger partial charge in [0.25, 0.3) is 0 Å². The quantitative estimate of drug-likeness (QED) is 0.888. The normalized spacial score (nSPS) is 11.7. The van der Waals surface area contributed by atoms with E-state index in [2.05, 4.69) is 25.1 Å². The minimum Gasteiger partial charge on any atom is -0.395 e. The highest BCUT2D eigenvalue weighted by molar-refractivity contribution is 6.30. The monoisotopic (exact) mass is 304 g/mol. The van der Waals surface area contributed by atoms with Crippen molar-refractivity contribution in [1.29, 1.82) is 0 Å². The van der Waals surface area contributed by atoms with E-state index in [-0.39, 0.29) is 13.2 Å². The fraction of sp³-hybridized carbons (Fsp3) is 0.333. The molecule has 0 radical (unpaired) electrons. The molecular weight excluding hydrogens is 284 g/mol. The van der Waals surface area contributed by atoms with Crippen molar-refractivity contribution in [2.75, 3.05) is 13.2 Å². The number of aliphatic hydroxyl groups is 2. The number of halogens is 1. The van der Waals surface area contributed by atoms with Gasteiger partial charge in [-0.1, -0.05) is 47.5 Å². The van der Waals surface area contributed by atoms with Crippen molar-refractivity contribution < 1.29 is 10.2 Å². The Kier molecular flexibility index (Phi) is 5.04. The molecule has 0 aliphatic carbocycles. The van der Waals surface area contributed by atoms with Crippen LogP contribution < -0.4 is 0 Å². The lowest BCUT2D eigenvalue weighted by molar-refractivity contribution is 0.116. The fourth-order valence-corrected chi connectivity index (χ4v) is 2.73. The third-order valence-corrected chi connectivity index (χ3v) is 4.35. The molecule has 0 aliphatic heterocycles. The maximum atomic E-state index is 9.93. The molecule has 0 bridgehead atoms. The van der Waals surface area contributed by atoms with Crippen LogP contribution >= 0.6 is 11.6 Å². The molecule has 2 N–H and O–H groups in total. The topological polar surface area (TPSA) is 40.5 Å². The number of aryl methyl sites for hydroxylation is 2. The second-order valence-electron chi connectivity index (χ2n) is 5.71. The van der Waals surface area contributed by atoms with Crippen LogP contribution in [-0.2, 0) is 11.8 Å². The predicted molar refractivity (Wildman–Crippen MR) is 86.9 cm³/mol. The largest absolute Gasteiger partial charge is 0.395 e. The summed E-state index contributed by atoms with van der Waals surface area (Å²) in [4.78, 5) is 0. The molecule has 2 aromatic rings. The summed E-state index contributed by atoms with van der Waals surface area (Å²) in [6.45, 7) is 3.87. The first-order chi connectivity index (χ1) is 10.0. The van der Waals surface area contributed by atoms with E-state index in [1.165, 1.54) is 11.1 Å². The highest BCUT2D eigenvalue weighted by atomic mass is 35.5. The van der Waals surface area contributed by atoms with Crippen LogP contribution in [0, 0.1) is 13.8 Å². The molecule has 2 aromatic carbocycles. The van der Waals surface area contributed by atoms with Crippen molar-refractivity contribution in [1.82, 2.24) is 0 Å². The Morgan fingerprint density at radius 2 is 1.57 bits per heavy atom. The van der Waals surface area contributed by atoms with Crippen LogP contribution in [0.25, 0.3) is 0 Å². The van der Waals surface area contributed by atoms with Gasteiger partial charge in [-0.05, 0) is 49.1 Å². The second kappa shape index (κ2) is 6.61. The molecule has 0 unspecified atom stereocenters. The van der Waals surface area contributed by atoms with Crippen molar-refractivity contribution in [3.63, 3.8) is 0 Å². The molecule has 0 atom stereocenters. The van der Waals surface area contributed by atoms with E-state index in [4.69, 9.17) is 11.6 Å². The van der Waals surface area contributed by atoms with Crippen LogP contribution in [0.4, 0.5) is 0 Å².